The largest absolute Gasteiger partial charge is 0.497 e. The highest BCUT2D eigenvalue weighted by Crippen LogP contribution is 2.20. The van der Waals surface area contributed by atoms with E-state index in [4.69, 9.17) is 4.74 Å². The van der Waals surface area contributed by atoms with Gasteiger partial charge in [-0.1, -0.05) is 6.07 Å². The molecule has 106 valence electrons. The van der Waals surface area contributed by atoms with Gasteiger partial charge in [-0.3, -0.25) is 10.1 Å². The first kappa shape index (κ1) is 13.5. The number of aromatic nitrogens is 2. The Morgan fingerprint density at radius 3 is 2.81 bits per heavy atom. The number of hydrogen-bond donors (Lipinski definition) is 1. The van der Waals surface area contributed by atoms with Gasteiger partial charge in [-0.15, -0.1) is 11.3 Å². The maximum absolute atomic E-state index is 12.2. The molecule has 0 bridgehead atoms. The summed E-state index contributed by atoms with van der Waals surface area (Å²) in [4.78, 5) is 20.7. The van der Waals surface area contributed by atoms with Crippen LogP contribution in [0.3, 0.4) is 0 Å². The highest BCUT2D eigenvalue weighted by atomic mass is 32.1. The Hall–Kier alpha value is -2.47. The molecule has 2 heterocycles. The van der Waals surface area contributed by atoms with Crippen molar-refractivity contribution in [1.82, 2.24) is 9.97 Å². The molecule has 1 aromatic carbocycles. The van der Waals surface area contributed by atoms with Gasteiger partial charge >= 0.3 is 0 Å². The monoisotopic (exact) mass is 299 g/mol. The van der Waals surface area contributed by atoms with Crippen LogP contribution in [-0.2, 0) is 0 Å². The number of pyridine rings is 1. The molecule has 0 aliphatic heterocycles. The minimum atomic E-state index is -0.262. The summed E-state index contributed by atoms with van der Waals surface area (Å²) >= 11 is 1.39. The number of amides is 1. The molecular formula is C15H13N3O2S. The highest BCUT2D eigenvalue weighted by Gasteiger charge is 2.10. The van der Waals surface area contributed by atoms with Gasteiger partial charge in [0.2, 0.25) is 0 Å². The molecule has 0 unspecified atom stereocenters. The fourth-order valence-electron chi connectivity index (χ4n) is 1.93. The molecule has 0 saturated heterocycles. The normalized spacial score (nSPS) is 10.6. The second-order valence-electron chi connectivity index (χ2n) is 4.50. The number of hydrogen-bond acceptors (Lipinski definition) is 5. The number of carbonyl (C=O) groups is 1. The van der Waals surface area contributed by atoms with E-state index in [2.05, 4.69) is 15.3 Å². The third-order valence-electron chi connectivity index (χ3n) is 2.97. The van der Waals surface area contributed by atoms with Gasteiger partial charge in [0.1, 0.15) is 11.4 Å². The summed E-state index contributed by atoms with van der Waals surface area (Å²) in [6.45, 7) is 1.88. The predicted octanol–water partition coefficient (Wildman–Crippen LogP) is 3.26. The lowest BCUT2D eigenvalue weighted by Crippen LogP contribution is -2.13. The maximum atomic E-state index is 12.2. The summed E-state index contributed by atoms with van der Waals surface area (Å²) in [5.74, 6) is 0.502. The summed E-state index contributed by atoms with van der Waals surface area (Å²) in [6.07, 6.45) is 0. The van der Waals surface area contributed by atoms with E-state index in [1.807, 2.05) is 36.6 Å². The molecule has 6 heteroatoms. The summed E-state index contributed by atoms with van der Waals surface area (Å²) in [5.41, 5.74) is 1.99. The molecule has 21 heavy (non-hydrogen) atoms. The molecule has 1 amide bonds. The minimum Gasteiger partial charge on any atom is -0.497 e. The van der Waals surface area contributed by atoms with E-state index < -0.39 is 0 Å². The van der Waals surface area contributed by atoms with Gasteiger partial charge in [0.25, 0.3) is 5.91 Å². The van der Waals surface area contributed by atoms with Crippen LogP contribution in [0.2, 0.25) is 0 Å². The van der Waals surface area contributed by atoms with Crippen LogP contribution >= 0.6 is 11.3 Å². The Labute approximate surface area is 125 Å². The molecule has 5 nitrogen and oxygen atoms in total. The van der Waals surface area contributed by atoms with Crippen molar-refractivity contribution in [2.45, 2.75) is 6.92 Å². The van der Waals surface area contributed by atoms with Crippen molar-refractivity contribution in [3.05, 3.63) is 47.1 Å². The van der Waals surface area contributed by atoms with Crippen molar-refractivity contribution < 1.29 is 9.53 Å². The smallest absolute Gasteiger partial charge is 0.276 e. The van der Waals surface area contributed by atoms with Gasteiger partial charge in [0.05, 0.1) is 18.3 Å². The molecule has 3 rings (SSSR count). The average molecular weight is 299 g/mol. The van der Waals surface area contributed by atoms with Gasteiger partial charge < -0.3 is 4.74 Å². The number of fused-ring (bicyclic) bond motifs is 1. The third-order valence-corrected chi connectivity index (χ3v) is 3.84. The van der Waals surface area contributed by atoms with Gasteiger partial charge in [0, 0.05) is 10.8 Å². The second-order valence-corrected chi connectivity index (χ2v) is 5.36. The van der Waals surface area contributed by atoms with Crippen LogP contribution in [-0.4, -0.2) is 23.0 Å². The number of carbonyl (C=O) groups excluding carboxylic acids is 1. The van der Waals surface area contributed by atoms with Crippen molar-refractivity contribution in [1.29, 1.82) is 0 Å². The SMILES string of the molecule is COc1ccc2nc(C(=O)Nc3nc(C)cs3)ccc2c1. The highest BCUT2D eigenvalue weighted by molar-refractivity contribution is 7.13. The van der Waals surface area contributed by atoms with Crippen LogP contribution in [0.5, 0.6) is 5.75 Å². The fraction of sp³-hybridized carbons (Fsp3) is 0.133. The molecule has 0 aliphatic carbocycles. The Bertz CT molecular complexity index is 814. The van der Waals surface area contributed by atoms with Crippen molar-refractivity contribution in [2.24, 2.45) is 0 Å². The van der Waals surface area contributed by atoms with E-state index in [1.54, 1.807) is 13.2 Å². The number of rotatable bonds is 3. The zero-order valence-corrected chi connectivity index (χ0v) is 12.4. The molecule has 0 spiro atoms. The van der Waals surface area contributed by atoms with Gasteiger partial charge in [0.15, 0.2) is 5.13 Å². The Morgan fingerprint density at radius 2 is 2.10 bits per heavy atom. The number of benzene rings is 1. The summed E-state index contributed by atoms with van der Waals surface area (Å²) < 4.78 is 5.17. The molecule has 0 saturated carbocycles. The van der Waals surface area contributed by atoms with Crippen LogP contribution in [0, 0.1) is 6.92 Å². The molecule has 0 radical (unpaired) electrons. The lowest BCUT2D eigenvalue weighted by molar-refractivity contribution is 0.102. The minimum absolute atomic E-state index is 0.262. The van der Waals surface area contributed by atoms with E-state index in [0.29, 0.717) is 10.8 Å². The fourth-order valence-corrected chi connectivity index (χ4v) is 2.61. The van der Waals surface area contributed by atoms with Gasteiger partial charge in [-0.25, -0.2) is 9.97 Å². The van der Waals surface area contributed by atoms with E-state index in [0.717, 1.165) is 22.3 Å². The van der Waals surface area contributed by atoms with Gasteiger partial charge in [-0.2, -0.15) is 0 Å². The number of nitrogens with zero attached hydrogens (tertiary/aromatic N) is 2. The number of aryl methyl sites for hydroxylation is 1. The molecule has 0 aliphatic rings. The van der Waals surface area contributed by atoms with Crippen LogP contribution in [0.4, 0.5) is 5.13 Å². The molecule has 0 fully saturated rings. The van der Waals surface area contributed by atoms with E-state index in [9.17, 15) is 4.79 Å². The Morgan fingerprint density at radius 1 is 1.24 bits per heavy atom. The lowest BCUT2D eigenvalue weighted by atomic mass is 10.2. The molecular weight excluding hydrogens is 286 g/mol. The van der Waals surface area contributed by atoms with E-state index in [1.165, 1.54) is 11.3 Å². The van der Waals surface area contributed by atoms with Crippen LogP contribution in [0.15, 0.2) is 35.7 Å². The van der Waals surface area contributed by atoms with Crippen molar-refractivity contribution >= 4 is 33.3 Å². The lowest BCUT2D eigenvalue weighted by Gasteiger charge is -2.05. The number of thiazole rings is 1. The zero-order chi connectivity index (χ0) is 14.8. The number of ether oxygens (including phenoxy) is 1. The third kappa shape index (κ3) is 2.85. The predicted molar refractivity (Wildman–Crippen MR) is 83.1 cm³/mol. The number of anilines is 1. The first-order valence-electron chi connectivity index (χ1n) is 6.34. The molecule has 0 atom stereocenters. The van der Waals surface area contributed by atoms with Gasteiger partial charge in [-0.05, 0) is 31.2 Å². The first-order valence-corrected chi connectivity index (χ1v) is 7.22. The topological polar surface area (TPSA) is 64.1 Å². The second kappa shape index (κ2) is 5.49. The molecule has 3 aromatic rings. The average Bonchev–Trinajstić information content (AvgIpc) is 2.91. The van der Waals surface area contributed by atoms with Crippen molar-refractivity contribution in [3.63, 3.8) is 0 Å². The van der Waals surface area contributed by atoms with Crippen molar-refractivity contribution in [3.8, 4) is 5.75 Å². The summed E-state index contributed by atoms with van der Waals surface area (Å²) in [6, 6.07) is 9.08. The summed E-state index contributed by atoms with van der Waals surface area (Å²) in [5, 5.41) is 6.14. The maximum Gasteiger partial charge on any atom is 0.276 e. The molecule has 1 N–H and O–H groups in total. The van der Waals surface area contributed by atoms with Crippen LogP contribution < -0.4 is 10.1 Å². The zero-order valence-electron chi connectivity index (χ0n) is 11.6. The quantitative estimate of drug-likeness (QED) is 0.806. The molecule has 2 aromatic heterocycles. The Balaban J connectivity index is 1.88. The summed E-state index contributed by atoms with van der Waals surface area (Å²) in [7, 11) is 1.62. The number of methoxy groups -OCH3 is 1. The first-order chi connectivity index (χ1) is 10.2. The van der Waals surface area contributed by atoms with Crippen molar-refractivity contribution in [2.75, 3.05) is 12.4 Å². The van der Waals surface area contributed by atoms with E-state index >= 15 is 0 Å². The van der Waals surface area contributed by atoms with E-state index in [-0.39, 0.29) is 5.91 Å². The standard InChI is InChI=1S/C15H13N3O2S/c1-9-8-21-15(16-9)18-14(19)13-5-3-10-7-11(20-2)4-6-12(10)17-13/h3-8H,1-2H3,(H,16,18,19). The Kier molecular flexibility index (Phi) is 3.53. The number of nitrogens with one attached hydrogen (secondary N) is 1. The van der Waals surface area contributed by atoms with Crippen LogP contribution in [0.25, 0.3) is 10.9 Å². The van der Waals surface area contributed by atoms with Crippen LogP contribution in [0.1, 0.15) is 16.2 Å².